The van der Waals surface area contributed by atoms with E-state index in [4.69, 9.17) is 9.15 Å². The van der Waals surface area contributed by atoms with Crippen molar-refractivity contribution in [2.75, 3.05) is 26.8 Å². The van der Waals surface area contributed by atoms with Gasteiger partial charge in [-0.1, -0.05) is 29.8 Å². The molecule has 24 heavy (non-hydrogen) atoms. The van der Waals surface area contributed by atoms with Crippen LogP contribution in [0.1, 0.15) is 24.2 Å². The van der Waals surface area contributed by atoms with Gasteiger partial charge in [0.2, 0.25) is 0 Å². The maximum Gasteiger partial charge on any atom is 0.191 e. The van der Waals surface area contributed by atoms with E-state index in [0.717, 1.165) is 49.9 Å². The van der Waals surface area contributed by atoms with E-state index in [0.29, 0.717) is 6.54 Å². The highest BCUT2D eigenvalue weighted by Gasteiger charge is 2.10. The Bertz CT molecular complexity index is 746. The summed E-state index contributed by atoms with van der Waals surface area (Å²) in [6.45, 7) is 5.16. The van der Waals surface area contributed by atoms with Crippen molar-refractivity contribution in [2.45, 2.75) is 26.3 Å². The lowest BCUT2D eigenvalue weighted by Gasteiger charge is -2.15. The maximum absolute atomic E-state index is 5.93. The van der Waals surface area contributed by atoms with Gasteiger partial charge in [0.1, 0.15) is 11.3 Å². The molecule has 0 atom stereocenters. The van der Waals surface area contributed by atoms with Crippen LogP contribution >= 0.6 is 0 Å². The summed E-state index contributed by atoms with van der Waals surface area (Å²) < 4.78 is 11.3. The molecule has 0 bridgehead atoms. The summed E-state index contributed by atoms with van der Waals surface area (Å²) >= 11 is 0. The van der Waals surface area contributed by atoms with Crippen LogP contribution in [0.25, 0.3) is 11.0 Å². The van der Waals surface area contributed by atoms with E-state index in [1.165, 1.54) is 16.5 Å². The van der Waals surface area contributed by atoms with Gasteiger partial charge in [-0.05, 0) is 25.8 Å². The molecule has 3 rings (SSSR count). The number of aliphatic imine (C=N–C) groups is 1. The molecule has 1 aromatic heterocycles. The summed E-state index contributed by atoms with van der Waals surface area (Å²) in [4.78, 5) is 4.28. The number of ether oxygens (including phenoxy) is 1. The first-order valence-electron chi connectivity index (χ1n) is 8.45. The van der Waals surface area contributed by atoms with Crippen LogP contribution in [0.5, 0.6) is 0 Å². The van der Waals surface area contributed by atoms with Gasteiger partial charge in [-0.3, -0.25) is 4.99 Å². The molecule has 1 aliphatic heterocycles. The van der Waals surface area contributed by atoms with Crippen molar-refractivity contribution in [1.29, 1.82) is 0 Å². The van der Waals surface area contributed by atoms with Crippen LogP contribution in [0.3, 0.4) is 0 Å². The zero-order valence-electron chi connectivity index (χ0n) is 14.4. The molecular weight excluding hydrogens is 302 g/mol. The first kappa shape index (κ1) is 16.6. The Hall–Kier alpha value is -2.27. The molecule has 2 aromatic rings. The molecule has 1 aliphatic rings. The van der Waals surface area contributed by atoms with Crippen molar-refractivity contribution in [2.24, 2.45) is 4.99 Å². The second-order valence-corrected chi connectivity index (χ2v) is 5.94. The lowest BCUT2D eigenvalue weighted by molar-refractivity contribution is 0.153. The number of nitrogens with one attached hydrogen (secondary N) is 2. The third kappa shape index (κ3) is 3.97. The van der Waals surface area contributed by atoms with E-state index in [-0.39, 0.29) is 0 Å². The topological polar surface area (TPSA) is 58.8 Å². The molecule has 0 spiro atoms. The largest absolute Gasteiger partial charge is 0.459 e. The summed E-state index contributed by atoms with van der Waals surface area (Å²) in [5.41, 5.74) is 3.57. The third-order valence-electron chi connectivity index (χ3n) is 4.38. The van der Waals surface area contributed by atoms with Crippen LogP contribution in [-0.2, 0) is 11.3 Å². The van der Waals surface area contributed by atoms with E-state index in [9.17, 15) is 0 Å². The number of hydrogen-bond donors (Lipinski definition) is 2. The predicted octanol–water partition coefficient (Wildman–Crippen LogP) is 3.14. The van der Waals surface area contributed by atoms with Gasteiger partial charge >= 0.3 is 0 Å². The number of fused-ring (bicyclic) bond motifs is 1. The van der Waals surface area contributed by atoms with Crippen LogP contribution in [0.4, 0.5) is 0 Å². The first-order valence-corrected chi connectivity index (χ1v) is 8.45. The molecule has 5 nitrogen and oxygen atoms in total. The van der Waals surface area contributed by atoms with Gasteiger partial charge in [-0.15, -0.1) is 0 Å². The highest BCUT2D eigenvalue weighted by molar-refractivity contribution is 5.82. The Kier molecular flexibility index (Phi) is 5.54. The molecule has 2 heterocycles. The average molecular weight is 327 g/mol. The second kappa shape index (κ2) is 8.02. The van der Waals surface area contributed by atoms with Crippen LogP contribution in [0, 0.1) is 6.92 Å². The lowest BCUT2D eigenvalue weighted by Crippen LogP contribution is -2.37. The number of furan rings is 1. The van der Waals surface area contributed by atoms with Crippen LogP contribution in [0.2, 0.25) is 0 Å². The van der Waals surface area contributed by atoms with Gasteiger partial charge in [0.15, 0.2) is 5.96 Å². The molecule has 0 aliphatic carbocycles. The van der Waals surface area contributed by atoms with E-state index in [1.807, 2.05) is 18.2 Å². The van der Waals surface area contributed by atoms with Crippen molar-refractivity contribution < 1.29 is 9.15 Å². The van der Waals surface area contributed by atoms with Crippen molar-refractivity contribution in [1.82, 2.24) is 10.6 Å². The molecule has 0 saturated carbocycles. The van der Waals surface area contributed by atoms with E-state index >= 15 is 0 Å². The van der Waals surface area contributed by atoms with Gasteiger partial charge in [-0.2, -0.15) is 0 Å². The number of guanidine groups is 1. The minimum atomic E-state index is 0.622. The predicted molar refractivity (Wildman–Crippen MR) is 97.3 cm³/mol. The molecule has 0 unspecified atom stereocenters. The molecule has 0 saturated heterocycles. The fourth-order valence-electron chi connectivity index (χ4n) is 2.91. The fraction of sp³-hybridized carbons (Fsp3) is 0.421. The van der Waals surface area contributed by atoms with Crippen LogP contribution < -0.4 is 10.6 Å². The summed E-state index contributed by atoms with van der Waals surface area (Å²) in [7, 11) is 1.79. The number of nitrogens with zero attached hydrogens (tertiary/aromatic N) is 1. The minimum Gasteiger partial charge on any atom is -0.459 e. The summed E-state index contributed by atoms with van der Waals surface area (Å²) in [6, 6.07) is 8.12. The van der Waals surface area contributed by atoms with Crippen molar-refractivity contribution in [3.05, 3.63) is 47.2 Å². The van der Waals surface area contributed by atoms with Crippen molar-refractivity contribution in [3.63, 3.8) is 0 Å². The quantitative estimate of drug-likeness (QED) is 0.503. The van der Waals surface area contributed by atoms with Gasteiger partial charge in [0, 0.05) is 24.5 Å². The summed E-state index contributed by atoms with van der Waals surface area (Å²) in [5.74, 6) is 1.74. The molecule has 128 valence electrons. The Balaban J connectivity index is 1.51. The van der Waals surface area contributed by atoms with E-state index in [1.54, 1.807) is 7.05 Å². The SMILES string of the molecule is CN=C(NCCC1=CCOCC1)NCc1oc2ccccc2c1C. The normalized spacial score (nSPS) is 15.4. The number of aryl methyl sites for hydroxylation is 1. The minimum absolute atomic E-state index is 0.622. The van der Waals surface area contributed by atoms with E-state index < -0.39 is 0 Å². The Morgan fingerprint density at radius 1 is 1.25 bits per heavy atom. The van der Waals surface area contributed by atoms with Crippen LogP contribution in [-0.4, -0.2) is 32.8 Å². The lowest BCUT2D eigenvalue weighted by atomic mass is 10.1. The fourth-order valence-corrected chi connectivity index (χ4v) is 2.91. The van der Waals surface area contributed by atoms with Crippen molar-refractivity contribution >= 4 is 16.9 Å². The average Bonchev–Trinajstić information content (AvgIpc) is 2.95. The molecule has 5 heteroatoms. The van der Waals surface area contributed by atoms with E-state index in [2.05, 4.69) is 34.7 Å². The van der Waals surface area contributed by atoms with Crippen molar-refractivity contribution in [3.8, 4) is 0 Å². The summed E-state index contributed by atoms with van der Waals surface area (Å²) in [6.07, 6.45) is 4.23. The molecular formula is C19H25N3O2. The number of rotatable bonds is 5. The van der Waals surface area contributed by atoms with Gasteiger partial charge in [0.05, 0.1) is 19.8 Å². The molecule has 1 aromatic carbocycles. The third-order valence-corrected chi connectivity index (χ3v) is 4.38. The molecule has 0 fully saturated rings. The zero-order valence-corrected chi connectivity index (χ0v) is 14.4. The Labute approximate surface area is 142 Å². The van der Waals surface area contributed by atoms with Gasteiger partial charge in [0.25, 0.3) is 0 Å². The number of benzene rings is 1. The smallest absolute Gasteiger partial charge is 0.191 e. The number of hydrogen-bond acceptors (Lipinski definition) is 3. The van der Waals surface area contributed by atoms with Crippen LogP contribution in [0.15, 0.2) is 45.3 Å². The second-order valence-electron chi connectivity index (χ2n) is 5.94. The Morgan fingerprint density at radius 3 is 2.88 bits per heavy atom. The maximum atomic E-state index is 5.93. The zero-order chi connectivity index (χ0) is 16.8. The highest BCUT2D eigenvalue weighted by atomic mass is 16.5. The molecule has 0 radical (unpaired) electrons. The monoisotopic (exact) mass is 327 g/mol. The standard InChI is InChI=1S/C19H25N3O2/c1-14-16-5-3-4-6-17(16)24-18(14)13-22-19(20-2)21-10-7-15-8-11-23-12-9-15/h3-6,8H,7,9-13H2,1-2H3,(H2,20,21,22). The molecule has 2 N–H and O–H groups in total. The Morgan fingerprint density at radius 2 is 2.12 bits per heavy atom. The molecule has 0 amide bonds. The highest BCUT2D eigenvalue weighted by Crippen LogP contribution is 2.24. The first-order chi connectivity index (χ1) is 11.8. The summed E-state index contributed by atoms with van der Waals surface area (Å²) in [5, 5.41) is 7.85. The number of para-hydroxylation sites is 1. The van der Waals surface area contributed by atoms with Gasteiger partial charge < -0.3 is 19.8 Å². The van der Waals surface area contributed by atoms with Gasteiger partial charge in [-0.25, -0.2) is 0 Å².